The first-order valence-electron chi connectivity index (χ1n) is 41.9. The molecule has 46 nitrogen and oxygen atoms in total. The summed E-state index contributed by atoms with van der Waals surface area (Å²) in [5.74, 6) is -10.1. The second-order valence-electron chi connectivity index (χ2n) is 29.9. The Kier molecular flexibility index (Phi) is 53.8. The molecular formula is C80H130N10O36. The zero-order valence-corrected chi connectivity index (χ0v) is 74.0. The molecule has 3 fully saturated rings. The van der Waals surface area contributed by atoms with E-state index in [9.17, 15) is 86.3 Å². The van der Waals surface area contributed by atoms with Crippen LogP contribution in [0.25, 0.3) is 0 Å². The van der Waals surface area contributed by atoms with E-state index in [-0.39, 0.29) is 179 Å². The van der Waals surface area contributed by atoms with Crippen molar-refractivity contribution in [2.45, 2.75) is 271 Å². The van der Waals surface area contributed by atoms with Crippen molar-refractivity contribution in [2.24, 2.45) is 11.1 Å². The fourth-order valence-electron chi connectivity index (χ4n) is 12.9. The maximum atomic E-state index is 12.9. The molecule has 0 aliphatic carbocycles. The maximum Gasteiger partial charge on any atom is 0.303 e. The Labute approximate surface area is 731 Å². The van der Waals surface area contributed by atoms with E-state index < -0.39 is 189 Å². The van der Waals surface area contributed by atoms with Gasteiger partial charge in [-0.1, -0.05) is 0 Å². The summed E-state index contributed by atoms with van der Waals surface area (Å²) < 4.78 is 102. The zero-order chi connectivity index (χ0) is 93.7. The van der Waals surface area contributed by atoms with Gasteiger partial charge in [-0.25, -0.2) is 0 Å². The van der Waals surface area contributed by atoms with Crippen LogP contribution in [-0.2, 0) is 172 Å². The van der Waals surface area contributed by atoms with E-state index in [4.69, 9.17) is 91.0 Å². The topological polar surface area (TPSA) is 608 Å². The lowest BCUT2D eigenvalue weighted by molar-refractivity contribution is -0.277. The first-order chi connectivity index (χ1) is 59.8. The summed E-state index contributed by atoms with van der Waals surface area (Å²) in [5, 5.41) is 24.6. The lowest BCUT2D eigenvalue weighted by atomic mass is 9.91. The number of carbonyl (C=O) groups excluding carboxylic acids is 18. The average Bonchev–Trinajstić information content (AvgIpc) is 0.796. The van der Waals surface area contributed by atoms with Gasteiger partial charge in [0.1, 0.15) is 56.3 Å². The Balaban J connectivity index is 1.49. The van der Waals surface area contributed by atoms with E-state index in [2.05, 4.69) is 47.9 Å². The molecule has 3 heterocycles. The monoisotopic (exact) mass is 1810 g/mol. The SMILES string of the molecule is CC(=O)NC1C(OC(C)=O)[C@H](OC(C)=O)C(COC(C)=O)O[C@H]1OCCCCC(=O)NCCCNC(=O)CCOCC(CN)(COCCC(=O)NCCCNC(=O)CCCCO[C@@H]1OC(COC(C)=O)[C@@H](OC(C)=O)C(OC(C)=O)C1NC(C)=O)COCCC(=O)NCCCNC(=O)CCCCO[C@@H]1OC(COC(C)=O)[C@@H](OC(C)=O)[C@H](OC(C)=O)C1NC(C)=O. The van der Waals surface area contributed by atoms with Crippen molar-refractivity contribution < 1.29 is 172 Å². The van der Waals surface area contributed by atoms with Gasteiger partial charge in [0, 0.05) is 187 Å². The van der Waals surface area contributed by atoms with Gasteiger partial charge < -0.3 is 139 Å². The smallest absolute Gasteiger partial charge is 0.303 e. The molecule has 3 aliphatic rings. The Morgan fingerprint density at radius 3 is 0.706 bits per heavy atom. The van der Waals surface area contributed by atoms with Gasteiger partial charge in [0.05, 0.1) is 45.1 Å². The van der Waals surface area contributed by atoms with Gasteiger partial charge in [-0.3, -0.25) is 86.3 Å². The molecule has 0 bridgehead atoms. The molecule has 11 N–H and O–H groups in total. The van der Waals surface area contributed by atoms with Gasteiger partial charge in [0.25, 0.3) is 0 Å². The van der Waals surface area contributed by atoms with Crippen LogP contribution in [0.15, 0.2) is 0 Å². The normalized spacial score (nSPS) is 22.3. The summed E-state index contributed by atoms with van der Waals surface area (Å²) in [6.07, 6.45) is -11.8. The summed E-state index contributed by atoms with van der Waals surface area (Å²) in [7, 11) is 0. The maximum absolute atomic E-state index is 12.9. The first-order valence-corrected chi connectivity index (χ1v) is 41.9. The highest BCUT2D eigenvalue weighted by molar-refractivity contribution is 5.79. The predicted molar refractivity (Wildman–Crippen MR) is 431 cm³/mol. The van der Waals surface area contributed by atoms with Gasteiger partial charge >= 0.3 is 53.7 Å². The number of nitrogens with one attached hydrogen (secondary N) is 9. The van der Waals surface area contributed by atoms with Crippen LogP contribution >= 0.6 is 0 Å². The third kappa shape index (κ3) is 47.0. The van der Waals surface area contributed by atoms with Gasteiger partial charge in [-0.05, 0) is 57.8 Å². The standard InChI is InChI=1S/C80H130N10O36/c1-47(91)88-68-74(121-56(10)100)71(118-53(7)97)59(40-115-50(4)94)124-77(68)112-34-16-13-22-62(103)82-28-19-31-85-65(106)25-37-109-44-80(43-81,45-110-38-26-66(107)86-32-20-29-83-63(104)23-14-17-35-113-78-69(89-48(2)92)75(122-57(11)101)72(119-54(8)98)60(125-78)41-116-51(5)95)46-111-39-27-67(108)87-33-21-30-84-64(105)24-15-18-36-114-79-70(90-49(3)93)76(123-58(12)102)73(120-55(9)99)61(126-79)42-117-52(6)96/h59-61,68-79H,13-46,81H2,1-12H3,(H,82,103)(H,83,104)(H,84,105)(H,85,106)(H,86,107)(H,87,108)(H,88,91)(H,89,92)(H,90,93)/t59?,60?,61?,68?,69?,70?,71-,72-,73-,74-,75?,76?,77-,78-,79-,80?/m1/s1. The number of rotatable bonds is 61. The molecule has 9 amide bonds. The first kappa shape index (κ1) is 110. The molecular weight excluding hydrogens is 1680 g/mol. The van der Waals surface area contributed by atoms with Crippen LogP contribution in [0.2, 0.25) is 0 Å². The van der Waals surface area contributed by atoms with E-state index >= 15 is 0 Å². The van der Waals surface area contributed by atoms with E-state index in [0.29, 0.717) is 57.8 Å². The highest BCUT2D eigenvalue weighted by atomic mass is 16.7. The molecule has 0 aromatic rings. The number of nitrogens with two attached hydrogens (primary N) is 1. The van der Waals surface area contributed by atoms with Crippen molar-refractivity contribution in [2.75, 3.05) is 125 Å². The molecule has 8 unspecified atom stereocenters. The van der Waals surface area contributed by atoms with Crippen molar-refractivity contribution in [1.29, 1.82) is 0 Å². The Bertz CT molecular complexity index is 3160. The molecule has 3 aliphatic heterocycles. The number of amides is 9. The van der Waals surface area contributed by atoms with Gasteiger partial charge in [0.2, 0.25) is 53.2 Å². The summed E-state index contributed by atoms with van der Waals surface area (Å²) in [4.78, 5) is 222. The third-order valence-corrected chi connectivity index (χ3v) is 18.5. The van der Waals surface area contributed by atoms with Crippen molar-refractivity contribution in [3.8, 4) is 0 Å². The van der Waals surface area contributed by atoms with Crippen LogP contribution in [-0.4, -0.2) is 324 Å². The molecule has 15 atom stereocenters. The third-order valence-electron chi connectivity index (χ3n) is 18.5. The predicted octanol–water partition coefficient (Wildman–Crippen LogP) is -2.45. The average molecular weight is 1810 g/mol. The molecule has 0 aromatic heterocycles. The highest BCUT2D eigenvalue weighted by Gasteiger charge is 2.54. The van der Waals surface area contributed by atoms with Gasteiger partial charge in [-0.2, -0.15) is 0 Å². The Morgan fingerprint density at radius 2 is 0.500 bits per heavy atom. The minimum absolute atomic E-state index is 0.00563. The largest absolute Gasteiger partial charge is 0.463 e. The highest BCUT2D eigenvalue weighted by Crippen LogP contribution is 2.32. The molecule has 716 valence electrons. The zero-order valence-electron chi connectivity index (χ0n) is 74.0. The fourth-order valence-corrected chi connectivity index (χ4v) is 12.9. The molecule has 126 heavy (non-hydrogen) atoms. The number of unbranched alkanes of at least 4 members (excludes halogenated alkanes) is 3. The van der Waals surface area contributed by atoms with Crippen LogP contribution < -0.4 is 53.6 Å². The van der Waals surface area contributed by atoms with E-state index in [1.165, 1.54) is 20.8 Å². The van der Waals surface area contributed by atoms with Gasteiger partial charge in [-0.15, -0.1) is 0 Å². The lowest BCUT2D eigenvalue weighted by Crippen LogP contribution is -2.66. The molecule has 0 radical (unpaired) electrons. The van der Waals surface area contributed by atoms with Gasteiger partial charge in [0.15, 0.2) is 55.5 Å². The number of carbonyl (C=O) groups is 18. The minimum atomic E-state index is -1.30. The summed E-state index contributed by atoms with van der Waals surface area (Å²) in [5.41, 5.74) is 5.32. The summed E-state index contributed by atoms with van der Waals surface area (Å²) >= 11 is 0. The van der Waals surface area contributed by atoms with Crippen LogP contribution in [0.3, 0.4) is 0 Å². The van der Waals surface area contributed by atoms with Crippen molar-refractivity contribution in [3.63, 3.8) is 0 Å². The molecule has 3 saturated heterocycles. The number of hydrogen-bond acceptors (Lipinski definition) is 37. The van der Waals surface area contributed by atoms with Crippen molar-refractivity contribution >= 4 is 107 Å². The Morgan fingerprint density at radius 1 is 0.278 bits per heavy atom. The summed E-state index contributed by atoms with van der Waals surface area (Å²) in [6.45, 7) is 13.5. The van der Waals surface area contributed by atoms with Crippen LogP contribution in [0.1, 0.15) is 179 Å². The number of esters is 9. The van der Waals surface area contributed by atoms with Crippen LogP contribution in [0.4, 0.5) is 0 Å². The van der Waals surface area contributed by atoms with Crippen molar-refractivity contribution in [3.05, 3.63) is 0 Å². The molecule has 0 saturated carbocycles. The van der Waals surface area contributed by atoms with E-state index in [1.807, 2.05) is 0 Å². The fraction of sp³-hybridized carbons (Fsp3) is 0.775. The lowest BCUT2D eigenvalue weighted by Gasteiger charge is -2.44. The van der Waals surface area contributed by atoms with Crippen molar-refractivity contribution in [1.82, 2.24) is 47.9 Å². The number of hydrogen-bond donors (Lipinski definition) is 10. The Hall–Kier alpha value is -9.94. The molecule has 46 heteroatoms. The summed E-state index contributed by atoms with van der Waals surface area (Å²) in [6, 6.07) is -3.46. The molecule has 0 spiro atoms. The van der Waals surface area contributed by atoms with E-state index in [0.717, 1.165) is 62.3 Å². The van der Waals surface area contributed by atoms with Crippen LogP contribution in [0, 0.1) is 5.41 Å². The number of ether oxygens (including phenoxy) is 18. The molecule has 0 aromatic carbocycles. The van der Waals surface area contributed by atoms with Crippen LogP contribution in [0.5, 0.6) is 0 Å². The van der Waals surface area contributed by atoms with E-state index in [1.54, 1.807) is 0 Å². The molecule has 3 rings (SSSR count). The second kappa shape index (κ2) is 61.5. The quantitative estimate of drug-likeness (QED) is 0.0172. The second-order valence-corrected chi connectivity index (χ2v) is 29.9. The minimum Gasteiger partial charge on any atom is -0.463 e.